The first-order chi connectivity index (χ1) is 36.7. The number of methoxy groups -OCH3 is 2. The molecule has 0 bridgehead atoms. The first-order valence-electron chi connectivity index (χ1n) is 26.6. The van der Waals surface area contributed by atoms with Gasteiger partial charge in [-0.05, 0) is 172 Å². The fourth-order valence-corrected chi connectivity index (χ4v) is 12.2. The van der Waals surface area contributed by atoms with Gasteiger partial charge in [-0.1, -0.05) is 137 Å². The second kappa shape index (κ2) is 20.4. The minimum absolute atomic E-state index is 0.196. The number of carbonyl (C=O) groups is 1. The van der Waals surface area contributed by atoms with Crippen molar-refractivity contribution in [3.63, 3.8) is 0 Å². The monoisotopic (exact) mass is 1020 g/mol. The highest BCUT2D eigenvalue weighted by Crippen LogP contribution is 2.59. The summed E-state index contributed by atoms with van der Waals surface area (Å²) in [5, 5.41) is 4.28. The molecule has 2 aliphatic carbocycles. The van der Waals surface area contributed by atoms with Crippen LogP contribution in [-0.2, 0) is 11.0 Å². The van der Waals surface area contributed by atoms with Crippen LogP contribution in [0.1, 0.15) is 122 Å². The van der Waals surface area contributed by atoms with Crippen LogP contribution in [0.5, 0.6) is 23.0 Å². The van der Waals surface area contributed by atoms with Crippen LogP contribution in [0.2, 0.25) is 0 Å². The molecular formula is C67H62F3NO5. The Hall–Kier alpha value is -7.78. The molecule has 9 heteroatoms. The largest absolute Gasteiger partial charge is 0.573 e. The molecule has 1 saturated carbocycles. The van der Waals surface area contributed by atoms with Gasteiger partial charge >= 0.3 is 6.36 Å². The topological polar surface area (TPSA) is 66.0 Å². The predicted molar refractivity (Wildman–Crippen MR) is 299 cm³/mol. The third-order valence-corrected chi connectivity index (χ3v) is 16.3. The minimum atomic E-state index is -4.91. The summed E-state index contributed by atoms with van der Waals surface area (Å²) in [6.07, 6.45) is 9.79. The lowest BCUT2D eigenvalue weighted by molar-refractivity contribution is -0.274. The Morgan fingerprint density at radius 2 is 1.24 bits per heavy atom. The molecule has 0 atom stereocenters. The zero-order valence-electron chi connectivity index (χ0n) is 43.7. The van der Waals surface area contributed by atoms with E-state index in [9.17, 15) is 18.0 Å². The number of nitrogens with one attached hydrogen (secondary N) is 1. The van der Waals surface area contributed by atoms with Crippen LogP contribution < -0.4 is 24.3 Å². The van der Waals surface area contributed by atoms with Gasteiger partial charge in [0.25, 0.3) is 5.91 Å². The average molecular weight is 1020 g/mol. The molecule has 1 amide bonds. The van der Waals surface area contributed by atoms with Crippen LogP contribution in [0.15, 0.2) is 164 Å². The number of hydrogen-bond donors (Lipinski definition) is 1. The zero-order chi connectivity index (χ0) is 52.8. The van der Waals surface area contributed by atoms with Crippen molar-refractivity contribution in [1.29, 1.82) is 0 Å². The van der Waals surface area contributed by atoms with Crippen molar-refractivity contribution in [3.8, 4) is 56.4 Å². The van der Waals surface area contributed by atoms with E-state index in [1.54, 1.807) is 20.3 Å². The number of hydrogen-bond acceptors (Lipinski definition) is 5. The number of amides is 1. The van der Waals surface area contributed by atoms with Gasteiger partial charge in [-0.3, -0.25) is 4.79 Å². The Labute approximate surface area is 443 Å². The quantitative estimate of drug-likeness (QED) is 0.110. The van der Waals surface area contributed by atoms with Gasteiger partial charge in [0.1, 0.15) is 23.0 Å². The maximum atomic E-state index is 13.9. The van der Waals surface area contributed by atoms with Crippen LogP contribution in [-0.4, -0.2) is 26.5 Å². The molecule has 1 fully saturated rings. The van der Waals surface area contributed by atoms with E-state index < -0.39 is 17.4 Å². The van der Waals surface area contributed by atoms with Gasteiger partial charge in [-0.25, -0.2) is 0 Å². The molecule has 0 spiro atoms. The normalized spacial score (nSPS) is 17.0. The molecule has 0 radical (unpaired) electrons. The number of fused-ring (bicyclic) bond motifs is 8. The molecule has 386 valence electrons. The van der Waals surface area contributed by atoms with E-state index in [0.717, 1.165) is 72.5 Å². The van der Waals surface area contributed by atoms with E-state index in [2.05, 4.69) is 79.4 Å². The lowest BCUT2D eigenvalue weighted by Gasteiger charge is -2.38. The number of ether oxygens (including phenoxy) is 4. The highest BCUT2D eigenvalue weighted by Gasteiger charge is 2.45. The molecule has 3 aliphatic rings. The highest BCUT2D eigenvalue weighted by atomic mass is 19.4. The molecule has 76 heavy (non-hydrogen) atoms. The fraction of sp³-hybridized carbons (Fsp3) is 0.269. The standard InChI is InChI=1S/C67H62F3NO5/c1-6-7-8-9-42-10-12-43(13-11-42)44-14-16-45(17-15-44)46-18-20-48(21-19-46)64(72)71-52-29-22-47(23-30-52)49-24-37-60-59(40-49)61-56-36-35-55(75-67(68,69)70)41-58(56)63-57(62(61)65(60,2)3)38-39-66(76-63,50-25-31-53(73-4)32-26-50)51-27-33-54(74-5)34-28-51/h14-43H,6-13H2,1-5H3,(H,71,72). The summed E-state index contributed by atoms with van der Waals surface area (Å²) >= 11 is 0. The van der Waals surface area contributed by atoms with E-state index in [0.29, 0.717) is 39.8 Å². The first-order valence-corrected chi connectivity index (χ1v) is 26.6. The number of benzene rings is 8. The van der Waals surface area contributed by atoms with Crippen LogP contribution in [0.4, 0.5) is 18.9 Å². The van der Waals surface area contributed by atoms with Crippen LogP contribution in [0, 0.1) is 5.92 Å². The molecular weight excluding hydrogens is 956 g/mol. The molecule has 8 aromatic carbocycles. The number of rotatable bonds is 14. The molecule has 0 saturated heterocycles. The van der Waals surface area contributed by atoms with Crippen LogP contribution in [0.25, 0.3) is 50.2 Å². The van der Waals surface area contributed by atoms with Crippen molar-refractivity contribution < 1.29 is 36.9 Å². The van der Waals surface area contributed by atoms with Crippen molar-refractivity contribution in [2.75, 3.05) is 19.5 Å². The molecule has 8 aromatic rings. The second-order valence-corrected chi connectivity index (χ2v) is 21.2. The molecule has 1 aliphatic heterocycles. The summed E-state index contributed by atoms with van der Waals surface area (Å²) in [5.74, 6) is 2.76. The number of anilines is 1. The number of carbonyl (C=O) groups excluding carboxylic acids is 1. The molecule has 1 heterocycles. The van der Waals surface area contributed by atoms with Gasteiger partial charge in [0, 0.05) is 38.7 Å². The first kappa shape index (κ1) is 50.4. The average Bonchev–Trinajstić information content (AvgIpc) is 3.94. The van der Waals surface area contributed by atoms with Crippen molar-refractivity contribution in [2.24, 2.45) is 5.92 Å². The molecule has 11 rings (SSSR count). The predicted octanol–water partition coefficient (Wildman–Crippen LogP) is 17.9. The Balaban J connectivity index is 0.866. The third kappa shape index (κ3) is 9.61. The van der Waals surface area contributed by atoms with E-state index in [1.807, 2.05) is 103 Å². The van der Waals surface area contributed by atoms with E-state index in [4.69, 9.17) is 14.2 Å². The summed E-state index contributed by atoms with van der Waals surface area (Å²) in [6.45, 7) is 6.63. The summed E-state index contributed by atoms with van der Waals surface area (Å²) in [5.41, 5.74) is 11.4. The minimum Gasteiger partial charge on any atom is -0.497 e. The van der Waals surface area contributed by atoms with Crippen molar-refractivity contribution in [3.05, 3.63) is 203 Å². The van der Waals surface area contributed by atoms with Gasteiger partial charge < -0.3 is 24.3 Å². The van der Waals surface area contributed by atoms with Crippen LogP contribution in [0.3, 0.4) is 0 Å². The summed E-state index contributed by atoms with van der Waals surface area (Å²) < 4.78 is 64.6. The lowest BCUT2D eigenvalue weighted by atomic mass is 9.76. The molecule has 0 unspecified atom stereocenters. The van der Waals surface area contributed by atoms with Crippen molar-refractivity contribution in [2.45, 2.75) is 95.4 Å². The SMILES string of the molecule is CCCCCC1CCC(c2ccc(-c3ccc(C(=O)Nc4ccc(-c5ccc6c(c5)-c5c(c7c(c8cc(OC(F)(F)F)ccc58)OC(c5ccc(OC)cc5)(c5ccc(OC)cc5)C=C7)C6(C)C)cc4)cc3)cc2)CC1. The fourth-order valence-electron chi connectivity index (χ4n) is 12.2. The van der Waals surface area contributed by atoms with Gasteiger partial charge in [0.05, 0.1) is 14.2 Å². The molecule has 0 aromatic heterocycles. The van der Waals surface area contributed by atoms with Crippen molar-refractivity contribution >= 4 is 28.4 Å². The summed E-state index contributed by atoms with van der Waals surface area (Å²) in [7, 11) is 3.21. The maximum Gasteiger partial charge on any atom is 0.573 e. The number of halogens is 3. The Morgan fingerprint density at radius 3 is 1.84 bits per heavy atom. The molecule has 1 N–H and O–H groups in total. The van der Waals surface area contributed by atoms with Gasteiger partial charge in [-0.2, -0.15) is 0 Å². The van der Waals surface area contributed by atoms with Crippen molar-refractivity contribution in [1.82, 2.24) is 0 Å². The van der Waals surface area contributed by atoms with Gasteiger partial charge in [0.15, 0.2) is 5.60 Å². The van der Waals surface area contributed by atoms with Gasteiger partial charge in [-0.15, -0.1) is 13.2 Å². The Bertz CT molecular complexity index is 3400. The third-order valence-electron chi connectivity index (χ3n) is 16.3. The lowest BCUT2D eigenvalue weighted by Crippen LogP contribution is -2.35. The van der Waals surface area contributed by atoms with Crippen LogP contribution >= 0.6 is 0 Å². The van der Waals surface area contributed by atoms with E-state index in [-0.39, 0.29) is 11.7 Å². The summed E-state index contributed by atoms with van der Waals surface area (Å²) in [6, 6.07) is 50.7. The Kier molecular flexibility index (Phi) is 13.5. The van der Waals surface area contributed by atoms with Gasteiger partial charge in [0.2, 0.25) is 0 Å². The number of unbranched alkanes of at least 4 members (excludes halogenated alkanes) is 2. The smallest absolute Gasteiger partial charge is 0.497 e. The van der Waals surface area contributed by atoms with E-state index >= 15 is 0 Å². The van der Waals surface area contributed by atoms with E-state index in [1.165, 1.54) is 69.1 Å². The second-order valence-electron chi connectivity index (χ2n) is 21.2. The Morgan fingerprint density at radius 1 is 0.658 bits per heavy atom. The zero-order valence-corrected chi connectivity index (χ0v) is 43.7. The summed E-state index contributed by atoms with van der Waals surface area (Å²) in [4.78, 5) is 13.6. The molecule has 6 nitrogen and oxygen atoms in total. The highest BCUT2D eigenvalue weighted by molar-refractivity contribution is 6.09. The number of alkyl halides is 3. The maximum absolute atomic E-state index is 13.9.